The van der Waals surface area contributed by atoms with E-state index < -0.39 is 0 Å². The lowest BCUT2D eigenvalue weighted by atomic mass is 10.0. The van der Waals surface area contributed by atoms with Crippen LogP contribution < -0.4 is 0 Å². The molecule has 0 saturated carbocycles. The van der Waals surface area contributed by atoms with E-state index in [0.717, 1.165) is 19.3 Å². The van der Waals surface area contributed by atoms with Crippen molar-refractivity contribution in [3.8, 4) is 0 Å². The third kappa shape index (κ3) is 4.34. The summed E-state index contributed by atoms with van der Waals surface area (Å²) in [5, 5.41) is 8.85. The van der Waals surface area contributed by atoms with Crippen LogP contribution in [-0.4, -0.2) is 24.3 Å². The molecule has 1 unspecified atom stereocenters. The summed E-state index contributed by atoms with van der Waals surface area (Å²) in [6.45, 7) is 4.12. The second-order valence-electron chi connectivity index (χ2n) is 2.77. The van der Waals surface area contributed by atoms with E-state index in [1.165, 1.54) is 0 Å². The van der Waals surface area contributed by atoms with Crippen molar-refractivity contribution in [3.05, 3.63) is 0 Å². The molecule has 1 N–H and O–H groups in total. The summed E-state index contributed by atoms with van der Waals surface area (Å²) in [5.74, 6) is -0.585. The average Bonchev–Trinajstić information content (AvgIpc) is 2.06. The van der Waals surface area contributed by atoms with E-state index in [9.17, 15) is 4.79 Å². The minimum Gasteiger partial charge on any atom is -0.466 e. The van der Waals surface area contributed by atoms with Crippen molar-refractivity contribution in [2.24, 2.45) is 5.92 Å². The monoisotopic (exact) mass is 174 g/mol. The van der Waals surface area contributed by atoms with Crippen molar-refractivity contribution in [2.45, 2.75) is 33.1 Å². The van der Waals surface area contributed by atoms with Crippen LogP contribution in [0.25, 0.3) is 0 Å². The number of aliphatic hydroxyl groups is 1. The second-order valence-corrected chi connectivity index (χ2v) is 2.77. The van der Waals surface area contributed by atoms with Gasteiger partial charge in [0.15, 0.2) is 0 Å². The van der Waals surface area contributed by atoms with Crippen molar-refractivity contribution in [1.29, 1.82) is 0 Å². The number of aliphatic hydroxyl groups excluding tert-OH is 1. The Kier molecular flexibility index (Phi) is 6.76. The molecule has 0 fully saturated rings. The van der Waals surface area contributed by atoms with Crippen LogP contribution in [0.3, 0.4) is 0 Å². The molecule has 0 radical (unpaired) electrons. The van der Waals surface area contributed by atoms with Gasteiger partial charge in [-0.2, -0.15) is 0 Å². The third-order valence-corrected chi connectivity index (χ3v) is 1.75. The molecular formula is C9H18O3. The molecule has 0 bridgehead atoms. The fraction of sp³-hybridized carbons (Fsp3) is 0.889. The Bertz CT molecular complexity index is 123. The summed E-state index contributed by atoms with van der Waals surface area (Å²) in [7, 11) is 0. The van der Waals surface area contributed by atoms with E-state index in [2.05, 4.69) is 6.92 Å². The Morgan fingerprint density at radius 1 is 1.50 bits per heavy atom. The summed E-state index contributed by atoms with van der Waals surface area (Å²) in [5.41, 5.74) is 0. The zero-order chi connectivity index (χ0) is 9.40. The molecule has 1 atom stereocenters. The highest BCUT2D eigenvalue weighted by atomic mass is 16.5. The van der Waals surface area contributed by atoms with E-state index in [4.69, 9.17) is 9.84 Å². The van der Waals surface area contributed by atoms with E-state index in [1.807, 2.05) is 0 Å². The molecule has 0 aromatic rings. The SMILES string of the molecule is CCCCC(CO)C(=O)OCC. The lowest BCUT2D eigenvalue weighted by molar-refractivity contribution is -0.149. The molecule has 0 aliphatic rings. The number of carbonyl (C=O) groups is 1. The molecule has 72 valence electrons. The molecule has 3 heteroatoms. The number of rotatable bonds is 6. The Morgan fingerprint density at radius 3 is 2.58 bits per heavy atom. The maximum absolute atomic E-state index is 11.1. The van der Waals surface area contributed by atoms with Crippen LogP contribution in [0.15, 0.2) is 0 Å². The Morgan fingerprint density at radius 2 is 2.17 bits per heavy atom. The standard InChI is InChI=1S/C9H18O3/c1-3-5-6-8(7-10)9(11)12-4-2/h8,10H,3-7H2,1-2H3. The van der Waals surface area contributed by atoms with Gasteiger partial charge in [0.05, 0.1) is 19.1 Å². The zero-order valence-corrected chi connectivity index (χ0v) is 7.88. The molecule has 0 spiro atoms. The van der Waals surface area contributed by atoms with Gasteiger partial charge in [-0.25, -0.2) is 0 Å². The number of hydrogen-bond donors (Lipinski definition) is 1. The van der Waals surface area contributed by atoms with E-state index in [1.54, 1.807) is 6.92 Å². The van der Waals surface area contributed by atoms with Gasteiger partial charge in [0.2, 0.25) is 0 Å². The number of ether oxygens (including phenoxy) is 1. The third-order valence-electron chi connectivity index (χ3n) is 1.75. The van der Waals surface area contributed by atoms with Gasteiger partial charge in [-0.15, -0.1) is 0 Å². The molecule has 3 nitrogen and oxygen atoms in total. The lowest BCUT2D eigenvalue weighted by Crippen LogP contribution is -2.21. The highest BCUT2D eigenvalue weighted by Gasteiger charge is 2.17. The van der Waals surface area contributed by atoms with Crippen molar-refractivity contribution in [3.63, 3.8) is 0 Å². The number of esters is 1. The van der Waals surface area contributed by atoms with Crippen LogP contribution in [0.5, 0.6) is 0 Å². The summed E-state index contributed by atoms with van der Waals surface area (Å²) >= 11 is 0. The quantitative estimate of drug-likeness (QED) is 0.618. The summed E-state index contributed by atoms with van der Waals surface area (Å²) in [4.78, 5) is 11.1. The van der Waals surface area contributed by atoms with E-state index in [0.29, 0.717) is 6.61 Å². The average molecular weight is 174 g/mol. The number of unbranched alkanes of at least 4 members (excludes halogenated alkanes) is 1. The summed E-state index contributed by atoms with van der Waals surface area (Å²) < 4.78 is 4.79. The van der Waals surface area contributed by atoms with Gasteiger partial charge in [-0.05, 0) is 13.3 Å². The van der Waals surface area contributed by atoms with Crippen molar-refractivity contribution in [2.75, 3.05) is 13.2 Å². The molecule has 0 amide bonds. The molecule has 0 aliphatic carbocycles. The topological polar surface area (TPSA) is 46.5 Å². The maximum Gasteiger partial charge on any atom is 0.311 e. The maximum atomic E-state index is 11.1. The first-order valence-corrected chi connectivity index (χ1v) is 4.53. The van der Waals surface area contributed by atoms with E-state index in [-0.39, 0.29) is 18.5 Å². The fourth-order valence-corrected chi connectivity index (χ4v) is 0.994. The smallest absolute Gasteiger partial charge is 0.311 e. The Hall–Kier alpha value is -0.570. The van der Waals surface area contributed by atoms with Crippen LogP contribution >= 0.6 is 0 Å². The van der Waals surface area contributed by atoms with Gasteiger partial charge in [0.25, 0.3) is 0 Å². The second kappa shape index (κ2) is 7.10. The van der Waals surface area contributed by atoms with Crippen LogP contribution in [0, 0.1) is 5.92 Å². The van der Waals surface area contributed by atoms with Crippen molar-refractivity contribution in [1.82, 2.24) is 0 Å². The van der Waals surface area contributed by atoms with Crippen molar-refractivity contribution >= 4 is 5.97 Å². The Labute approximate surface area is 73.7 Å². The normalized spacial score (nSPS) is 12.6. The first kappa shape index (κ1) is 11.4. The minimum atomic E-state index is -0.315. The highest BCUT2D eigenvalue weighted by molar-refractivity contribution is 5.72. The molecule has 0 heterocycles. The van der Waals surface area contributed by atoms with Gasteiger partial charge in [0, 0.05) is 0 Å². The first-order chi connectivity index (χ1) is 5.76. The van der Waals surface area contributed by atoms with Gasteiger partial charge < -0.3 is 9.84 Å². The predicted molar refractivity (Wildman–Crippen MR) is 46.7 cm³/mol. The van der Waals surface area contributed by atoms with Gasteiger partial charge in [-0.3, -0.25) is 4.79 Å². The van der Waals surface area contributed by atoms with Crippen LogP contribution in [-0.2, 0) is 9.53 Å². The van der Waals surface area contributed by atoms with Crippen LogP contribution in [0.2, 0.25) is 0 Å². The molecular weight excluding hydrogens is 156 g/mol. The zero-order valence-electron chi connectivity index (χ0n) is 7.88. The molecule has 0 aromatic carbocycles. The lowest BCUT2D eigenvalue weighted by Gasteiger charge is -2.11. The largest absolute Gasteiger partial charge is 0.466 e. The van der Waals surface area contributed by atoms with E-state index >= 15 is 0 Å². The summed E-state index contributed by atoms with van der Waals surface area (Å²) in [6, 6.07) is 0. The van der Waals surface area contributed by atoms with Gasteiger partial charge in [-0.1, -0.05) is 19.8 Å². The summed E-state index contributed by atoms with van der Waals surface area (Å²) in [6.07, 6.45) is 2.73. The number of carbonyl (C=O) groups excluding carboxylic acids is 1. The molecule has 0 rings (SSSR count). The molecule has 12 heavy (non-hydrogen) atoms. The first-order valence-electron chi connectivity index (χ1n) is 4.53. The van der Waals surface area contributed by atoms with Gasteiger partial charge >= 0.3 is 5.97 Å². The number of hydrogen-bond acceptors (Lipinski definition) is 3. The Balaban J connectivity index is 3.71. The molecule has 0 saturated heterocycles. The fourth-order valence-electron chi connectivity index (χ4n) is 0.994. The van der Waals surface area contributed by atoms with Crippen LogP contribution in [0.4, 0.5) is 0 Å². The minimum absolute atomic E-state index is 0.0984. The van der Waals surface area contributed by atoms with Crippen molar-refractivity contribution < 1.29 is 14.6 Å². The molecule has 0 aliphatic heterocycles. The predicted octanol–water partition coefficient (Wildman–Crippen LogP) is 1.35. The van der Waals surface area contributed by atoms with Gasteiger partial charge in [0.1, 0.15) is 0 Å². The van der Waals surface area contributed by atoms with Crippen LogP contribution in [0.1, 0.15) is 33.1 Å². The molecule has 0 aromatic heterocycles. The highest BCUT2D eigenvalue weighted by Crippen LogP contribution is 2.09.